The maximum atomic E-state index is 14.3. The third-order valence-electron chi connectivity index (χ3n) is 8.52. The van der Waals surface area contributed by atoms with Crippen molar-refractivity contribution in [1.82, 2.24) is 15.2 Å². The van der Waals surface area contributed by atoms with Gasteiger partial charge in [-0.2, -0.15) is 0 Å². The van der Waals surface area contributed by atoms with E-state index in [2.05, 4.69) is 21.7 Å². The number of nitrogens with zero attached hydrogens (tertiary/aromatic N) is 2. The zero-order chi connectivity index (χ0) is 30.0. The highest BCUT2D eigenvalue weighted by Crippen LogP contribution is 2.46. The number of para-hydroxylation sites is 1. The minimum atomic E-state index is -1.12. The Hall–Kier alpha value is -3.63. The Morgan fingerprint density at radius 2 is 1.95 bits per heavy atom. The number of halogens is 1. The largest absolute Gasteiger partial charge is 0.467 e. The Morgan fingerprint density at radius 3 is 2.74 bits per heavy atom. The maximum Gasteiger partial charge on any atom is 0.332 e. The van der Waals surface area contributed by atoms with E-state index in [0.717, 1.165) is 41.6 Å². The lowest BCUT2D eigenvalue weighted by molar-refractivity contribution is -0.148. The Bertz CT molecular complexity index is 1490. The van der Waals surface area contributed by atoms with Crippen molar-refractivity contribution in [3.63, 3.8) is 0 Å². The molecule has 5 atom stereocenters. The quantitative estimate of drug-likeness (QED) is 0.292. The van der Waals surface area contributed by atoms with Crippen LogP contribution in [0.1, 0.15) is 44.9 Å². The number of esters is 1. The van der Waals surface area contributed by atoms with Crippen molar-refractivity contribution in [1.29, 1.82) is 0 Å². The summed E-state index contributed by atoms with van der Waals surface area (Å²) >= 11 is 7.53. The molecule has 2 fully saturated rings. The van der Waals surface area contributed by atoms with Crippen molar-refractivity contribution < 1.29 is 23.9 Å². The van der Waals surface area contributed by atoms with Gasteiger partial charge in [-0.15, -0.1) is 0 Å². The Kier molecular flexibility index (Phi) is 8.59. The molecule has 6 rings (SSSR count). The number of ether oxygens (including phenoxy) is 2. The lowest BCUT2D eigenvalue weighted by Crippen LogP contribution is -2.55. The van der Waals surface area contributed by atoms with Gasteiger partial charge in [0, 0.05) is 23.0 Å². The van der Waals surface area contributed by atoms with Crippen LogP contribution in [0, 0.1) is 5.92 Å². The van der Waals surface area contributed by atoms with Gasteiger partial charge in [-0.05, 0) is 62.1 Å². The van der Waals surface area contributed by atoms with Crippen LogP contribution in [-0.2, 0) is 19.1 Å². The van der Waals surface area contributed by atoms with Crippen LogP contribution >= 0.6 is 22.9 Å². The normalized spacial score (nSPS) is 27.8. The van der Waals surface area contributed by atoms with Crippen LogP contribution in [0.4, 0.5) is 5.69 Å². The molecule has 0 spiro atoms. The zero-order valence-electron chi connectivity index (χ0n) is 24.0. The zero-order valence-corrected chi connectivity index (χ0v) is 25.5. The average Bonchev–Trinajstić information content (AvgIpc) is 3.32. The Balaban J connectivity index is 1.29. The molecule has 0 unspecified atom stereocenters. The Labute approximate surface area is 259 Å². The second-order valence-electron chi connectivity index (χ2n) is 11.5. The van der Waals surface area contributed by atoms with E-state index in [1.54, 1.807) is 17.0 Å². The van der Waals surface area contributed by atoms with E-state index in [9.17, 15) is 14.4 Å². The van der Waals surface area contributed by atoms with Crippen molar-refractivity contribution >= 4 is 56.6 Å². The molecule has 1 saturated heterocycles. The molecule has 1 aromatic heterocycles. The van der Waals surface area contributed by atoms with E-state index in [1.807, 2.05) is 42.5 Å². The summed E-state index contributed by atoms with van der Waals surface area (Å²) in [4.78, 5) is 47.3. The summed E-state index contributed by atoms with van der Waals surface area (Å²) in [5.41, 5.74) is 0.491. The predicted octanol–water partition coefficient (Wildman–Crippen LogP) is 5.35. The van der Waals surface area contributed by atoms with Gasteiger partial charge >= 0.3 is 5.97 Å². The molecule has 1 aliphatic carbocycles. The number of benzene rings is 2. The molecule has 0 radical (unpaired) electrons. The number of carbonyl (C=O) groups is 3. The molecule has 2 aliphatic heterocycles. The first-order valence-corrected chi connectivity index (χ1v) is 16.0. The Morgan fingerprint density at radius 1 is 1.14 bits per heavy atom. The molecule has 11 heteroatoms. The van der Waals surface area contributed by atoms with E-state index in [0.29, 0.717) is 23.1 Å². The van der Waals surface area contributed by atoms with Gasteiger partial charge in [-0.25, -0.2) is 9.78 Å². The number of aromatic nitrogens is 1. The number of nitrogens with one attached hydrogen (secondary N) is 2. The number of carbonyl (C=O) groups excluding carboxylic acids is 3. The third kappa shape index (κ3) is 6.35. The SMILES string of the molecule is COC(=O)[C@@]12C[C@H]1C=CCCCCC[C@H](Nc1ccc(Cl)cc1)C(=O)N1C[C@H](Oc3nc4ccccc4s3)C[C@H]1C(=O)N2. The van der Waals surface area contributed by atoms with E-state index in [1.165, 1.54) is 18.4 Å². The van der Waals surface area contributed by atoms with E-state index < -0.39 is 29.7 Å². The highest BCUT2D eigenvalue weighted by Gasteiger charge is 2.62. The summed E-state index contributed by atoms with van der Waals surface area (Å²) in [6.07, 6.45) is 8.63. The topological polar surface area (TPSA) is 110 Å². The van der Waals surface area contributed by atoms with Gasteiger partial charge in [0.05, 0.1) is 23.9 Å². The van der Waals surface area contributed by atoms with Crippen molar-refractivity contribution in [3.8, 4) is 5.19 Å². The van der Waals surface area contributed by atoms with Crippen LogP contribution in [-0.4, -0.2) is 65.0 Å². The van der Waals surface area contributed by atoms with Crippen LogP contribution < -0.4 is 15.4 Å². The number of anilines is 1. The first-order chi connectivity index (χ1) is 20.9. The van der Waals surface area contributed by atoms with Crippen LogP contribution in [0.5, 0.6) is 5.19 Å². The van der Waals surface area contributed by atoms with E-state index >= 15 is 0 Å². The van der Waals surface area contributed by atoms with Gasteiger partial charge in [-0.1, -0.05) is 60.1 Å². The number of allylic oxidation sites excluding steroid dienone is 1. The molecule has 1 saturated carbocycles. The fraction of sp³-hybridized carbons (Fsp3) is 0.438. The molecular weight excluding hydrogens is 588 g/mol. The lowest BCUT2D eigenvalue weighted by atomic mass is 10.0. The molecule has 2 aromatic carbocycles. The summed E-state index contributed by atoms with van der Waals surface area (Å²) < 4.78 is 12.4. The van der Waals surface area contributed by atoms with Crippen molar-refractivity contribution in [2.75, 3.05) is 19.0 Å². The van der Waals surface area contributed by atoms with Crippen LogP contribution in [0.15, 0.2) is 60.7 Å². The van der Waals surface area contributed by atoms with Gasteiger partial charge in [-0.3, -0.25) is 9.59 Å². The number of thiazole rings is 1. The minimum absolute atomic E-state index is 0.145. The van der Waals surface area contributed by atoms with Gasteiger partial charge in [0.25, 0.3) is 5.19 Å². The molecule has 2 amide bonds. The lowest BCUT2D eigenvalue weighted by Gasteiger charge is -2.30. The first-order valence-electron chi connectivity index (χ1n) is 14.8. The molecule has 3 heterocycles. The van der Waals surface area contributed by atoms with Crippen molar-refractivity contribution in [2.45, 2.75) is 68.7 Å². The number of fused-ring (bicyclic) bond motifs is 3. The van der Waals surface area contributed by atoms with Gasteiger partial charge in [0.2, 0.25) is 11.8 Å². The summed E-state index contributed by atoms with van der Waals surface area (Å²) in [6.45, 7) is 0.222. The van der Waals surface area contributed by atoms with Crippen LogP contribution in [0.2, 0.25) is 5.02 Å². The summed E-state index contributed by atoms with van der Waals surface area (Å²) in [5.74, 6) is -1.18. The van der Waals surface area contributed by atoms with E-state index in [-0.39, 0.29) is 30.7 Å². The fourth-order valence-corrected chi connectivity index (χ4v) is 7.11. The smallest absolute Gasteiger partial charge is 0.332 e. The highest BCUT2D eigenvalue weighted by molar-refractivity contribution is 7.20. The second kappa shape index (κ2) is 12.5. The number of rotatable bonds is 5. The van der Waals surface area contributed by atoms with Crippen molar-refractivity contribution in [3.05, 3.63) is 65.7 Å². The van der Waals surface area contributed by atoms with Gasteiger partial charge in [0.1, 0.15) is 23.7 Å². The summed E-state index contributed by atoms with van der Waals surface area (Å²) in [7, 11) is 1.33. The number of hydrogen-bond donors (Lipinski definition) is 2. The van der Waals surface area contributed by atoms with E-state index in [4.69, 9.17) is 21.1 Å². The molecular formula is C32H35ClN4O5S. The highest BCUT2D eigenvalue weighted by atomic mass is 35.5. The summed E-state index contributed by atoms with van der Waals surface area (Å²) in [6, 6.07) is 13.6. The number of methoxy groups -OCH3 is 1. The molecule has 226 valence electrons. The molecule has 2 N–H and O–H groups in total. The van der Waals surface area contributed by atoms with Crippen LogP contribution in [0.3, 0.4) is 0 Å². The third-order valence-corrected chi connectivity index (χ3v) is 9.70. The standard InChI is InChI=1S/C32H35ClN4O5S/c1-41-30(40)32-18-20(32)9-5-3-2-4-6-11-25(34-22-15-13-21(33)14-16-22)29(39)37-19-23(17-26(37)28(38)36-32)42-31-35-24-10-7-8-12-27(24)43-31/h5,7-10,12-16,20,23,25-26,34H,2-4,6,11,17-19H2,1H3,(H,36,38)/t20-,23-,25+,26+,32-/m1/s1. The summed E-state index contributed by atoms with van der Waals surface area (Å²) in [5, 5.41) is 7.49. The predicted molar refractivity (Wildman–Crippen MR) is 166 cm³/mol. The average molecular weight is 623 g/mol. The molecule has 3 aliphatic rings. The number of amides is 2. The molecule has 3 aromatic rings. The molecule has 9 nitrogen and oxygen atoms in total. The van der Waals surface area contributed by atoms with Crippen LogP contribution in [0.25, 0.3) is 10.2 Å². The second-order valence-corrected chi connectivity index (χ2v) is 12.9. The first kappa shape index (κ1) is 29.4. The van der Waals surface area contributed by atoms with Crippen molar-refractivity contribution in [2.24, 2.45) is 5.92 Å². The van der Waals surface area contributed by atoms with Gasteiger partial charge in [0.15, 0.2) is 0 Å². The van der Waals surface area contributed by atoms with Gasteiger partial charge < -0.3 is 25.0 Å². The number of hydrogen-bond acceptors (Lipinski definition) is 8. The minimum Gasteiger partial charge on any atom is -0.467 e. The fourth-order valence-electron chi connectivity index (χ4n) is 6.11. The molecule has 0 bridgehead atoms. The maximum absolute atomic E-state index is 14.3. The monoisotopic (exact) mass is 622 g/mol. The molecule has 43 heavy (non-hydrogen) atoms.